The number of amides is 1. The van der Waals surface area contributed by atoms with Crippen LogP contribution in [0.2, 0.25) is 0 Å². The van der Waals surface area contributed by atoms with Crippen LogP contribution in [0.1, 0.15) is 51.0 Å². The highest BCUT2D eigenvalue weighted by molar-refractivity contribution is 5.78. The Morgan fingerprint density at radius 2 is 1.95 bits per heavy atom. The number of rotatable bonds is 7. The summed E-state index contributed by atoms with van der Waals surface area (Å²) in [6.45, 7) is 3.59. The van der Waals surface area contributed by atoms with Crippen molar-refractivity contribution in [1.29, 1.82) is 0 Å². The molecular formula is C19H29NO2. The molecule has 1 aliphatic rings. The average molecular weight is 303 g/mol. The molecule has 3 heteroatoms. The minimum atomic E-state index is 0.264. The molecule has 1 amide bonds. The van der Waals surface area contributed by atoms with Gasteiger partial charge in [0.1, 0.15) is 5.75 Å². The van der Waals surface area contributed by atoms with Crippen LogP contribution >= 0.6 is 0 Å². The molecule has 0 bridgehead atoms. The van der Waals surface area contributed by atoms with Gasteiger partial charge in [0.2, 0.25) is 5.91 Å². The standard InChI is InChI=1S/C19H29NO2/c1-3-16-10-7-8-13-18(16)22-15-9-14-20(2)19(21)17-11-5-4-6-12-17/h7-8,10,13,17H,3-6,9,11-12,14-15H2,1-2H3. The molecular weight excluding hydrogens is 274 g/mol. The normalized spacial score (nSPS) is 15.5. The average Bonchev–Trinajstić information content (AvgIpc) is 2.59. The van der Waals surface area contributed by atoms with Gasteiger partial charge in [0.15, 0.2) is 0 Å². The zero-order chi connectivity index (χ0) is 15.8. The third-order valence-corrected chi connectivity index (χ3v) is 4.58. The maximum atomic E-state index is 12.3. The van der Waals surface area contributed by atoms with Crippen molar-refractivity contribution >= 4 is 5.91 Å². The predicted molar refractivity (Wildman–Crippen MR) is 90.1 cm³/mol. The van der Waals surface area contributed by atoms with Crippen LogP contribution in [0, 0.1) is 5.92 Å². The predicted octanol–water partition coefficient (Wildman–Crippen LogP) is 4.06. The van der Waals surface area contributed by atoms with Crippen molar-refractivity contribution in [3.63, 3.8) is 0 Å². The summed E-state index contributed by atoms with van der Waals surface area (Å²) in [6.07, 6.45) is 7.72. The summed E-state index contributed by atoms with van der Waals surface area (Å²) in [5, 5.41) is 0. The van der Waals surface area contributed by atoms with Gasteiger partial charge in [-0.05, 0) is 37.3 Å². The fraction of sp³-hybridized carbons (Fsp3) is 0.632. The second-order valence-electron chi connectivity index (χ2n) is 6.26. The Labute approximate surface area is 134 Å². The van der Waals surface area contributed by atoms with E-state index < -0.39 is 0 Å². The second-order valence-corrected chi connectivity index (χ2v) is 6.26. The molecule has 0 spiro atoms. The van der Waals surface area contributed by atoms with Crippen LogP contribution in [-0.2, 0) is 11.2 Å². The van der Waals surface area contributed by atoms with Gasteiger partial charge in [-0.25, -0.2) is 0 Å². The number of benzene rings is 1. The van der Waals surface area contributed by atoms with Crippen molar-refractivity contribution in [3.8, 4) is 5.75 Å². The molecule has 0 radical (unpaired) electrons. The van der Waals surface area contributed by atoms with Gasteiger partial charge in [0, 0.05) is 19.5 Å². The molecule has 22 heavy (non-hydrogen) atoms. The van der Waals surface area contributed by atoms with E-state index in [2.05, 4.69) is 13.0 Å². The van der Waals surface area contributed by atoms with Gasteiger partial charge in [0.25, 0.3) is 0 Å². The lowest BCUT2D eigenvalue weighted by molar-refractivity contribution is -0.135. The zero-order valence-electron chi connectivity index (χ0n) is 14.0. The Morgan fingerprint density at radius 3 is 2.68 bits per heavy atom. The van der Waals surface area contributed by atoms with E-state index >= 15 is 0 Å². The lowest BCUT2D eigenvalue weighted by Crippen LogP contribution is -2.35. The van der Waals surface area contributed by atoms with Crippen molar-refractivity contribution < 1.29 is 9.53 Å². The van der Waals surface area contributed by atoms with Crippen molar-refractivity contribution in [3.05, 3.63) is 29.8 Å². The number of hydrogen-bond acceptors (Lipinski definition) is 2. The maximum Gasteiger partial charge on any atom is 0.225 e. The minimum absolute atomic E-state index is 0.264. The largest absolute Gasteiger partial charge is 0.493 e. The van der Waals surface area contributed by atoms with Crippen molar-refractivity contribution in [2.75, 3.05) is 20.2 Å². The van der Waals surface area contributed by atoms with E-state index in [1.807, 2.05) is 30.1 Å². The Hall–Kier alpha value is -1.51. The molecule has 0 heterocycles. The lowest BCUT2D eigenvalue weighted by Gasteiger charge is -2.26. The highest BCUT2D eigenvalue weighted by atomic mass is 16.5. The van der Waals surface area contributed by atoms with Crippen molar-refractivity contribution in [2.24, 2.45) is 5.92 Å². The van der Waals surface area contributed by atoms with E-state index in [-0.39, 0.29) is 5.92 Å². The summed E-state index contributed by atoms with van der Waals surface area (Å²) in [7, 11) is 1.93. The van der Waals surface area contributed by atoms with Crippen LogP contribution < -0.4 is 4.74 Å². The molecule has 0 aliphatic heterocycles. The molecule has 0 aromatic heterocycles. The van der Waals surface area contributed by atoms with Crippen LogP contribution in [0.25, 0.3) is 0 Å². The first kappa shape index (κ1) is 16.9. The second kappa shape index (κ2) is 8.82. The number of carbonyl (C=O) groups is 1. The first-order valence-electron chi connectivity index (χ1n) is 8.68. The van der Waals surface area contributed by atoms with Crippen LogP contribution in [0.5, 0.6) is 5.75 Å². The van der Waals surface area contributed by atoms with Gasteiger partial charge < -0.3 is 9.64 Å². The highest BCUT2D eigenvalue weighted by Crippen LogP contribution is 2.25. The molecule has 0 saturated heterocycles. The molecule has 1 aromatic rings. The lowest BCUT2D eigenvalue weighted by atomic mass is 9.88. The number of aryl methyl sites for hydroxylation is 1. The molecule has 122 valence electrons. The summed E-state index contributed by atoms with van der Waals surface area (Å²) in [6, 6.07) is 8.18. The molecule has 0 unspecified atom stereocenters. The Bertz CT molecular complexity index is 466. The molecule has 3 nitrogen and oxygen atoms in total. The monoisotopic (exact) mass is 303 g/mol. The van der Waals surface area contributed by atoms with Crippen LogP contribution in [0.15, 0.2) is 24.3 Å². The van der Waals surface area contributed by atoms with Gasteiger partial charge in [-0.15, -0.1) is 0 Å². The Kier molecular flexibility index (Phi) is 6.75. The van der Waals surface area contributed by atoms with E-state index in [0.717, 1.165) is 38.0 Å². The maximum absolute atomic E-state index is 12.3. The fourth-order valence-electron chi connectivity index (χ4n) is 3.19. The fourth-order valence-corrected chi connectivity index (χ4v) is 3.19. The molecule has 1 fully saturated rings. The van der Waals surface area contributed by atoms with E-state index in [9.17, 15) is 4.79 Å². The van der Waals surface area contributed by atoms with Crippen molar-refractivity contribution in [2.45, 2.75) is 51.9 Å². The molecule has 1 saturated carbocycles. The molecule has 0 atom stereocenters. The Balaban J connectivity index is 1.70. The first-order chi connectivity index (χ1) is 10.7. The summed E-state index contributed by atoms with van der Waals surface area (Å²) in [4.78, 5) is 14.2. The topological polar surface area (TPSA) is 29.5 Å². The number of carbonyl (C=O) groups excluding carboxylic acids is 1. The van der Waals surface area contributed by atoms with Crippen LogP contribution in [-0.4, -0.2) is 31.0 Å². The zero-order valence-corrected chi connectivity index (χ0v) is 14.0. The van der Waals surface area contributed by atoms with E-state index in [1.165, 1.54) is 24.8 Å². The number of para-hydroxylation sites is 1. The van der Waals surface area contributed by atoms with Gasteiger partial charge in [-0.2, -0.15) is 0 Å². The summed E-state index contributed by atoms with van der Waals surface area (Å²) in [5.74, 6) is 1.57. The molecule has 0 N–H and O–H groups in total. The van der Waals surface area contributed by atoms with Gasteiger partial charge >= 0.3 is 0 Å². The summed E-state index contributed by atoms with van der Waals surface area (Å²) >= 11 is 0. The molecule has 1 aromatic carbocycles. The van der Waals surface area contributed by atoms with Gasteiger partial charge in [-0.1, -0.05) is 44.4 Å². The van der Waals surface area contributed by atoms with Gasteiger partial charge in [-0.3, -0.25) is 4.79 Å². The third-order valence-electron chi connectivity index (χ3n) is 4.58. The Morgan fingerprint density at radius 1 is 1.23 bits per heavy atom. The summed E-state index contributed by atoms with van der Waals surface area (Å²) in [5.41, 5.74) is 1.24. The summed E-state index contributed by atoms with van der Waals surface area (Å²) < 4.78 is 5.87. The smallest absolute Gasteiger partial charge is 0.225 e. The van der Waals surface area contributed by atoms with Crippen LogP contribution in [0.3, 0.4) is 0 Å². The van der Waals surface area contributed by atoms with Crippen LogP contribution in [0.4, 0.5) is 0 Å². The minimum Gasteiger partial charge on any atom is -0.493 e. The number of nitrogens with zero attached hydrogens (tertiary/aromatic N) is 1. The van der Waals surface area contributed by atoms with E-state index in [1.54, 1.807) is 0 Å². The molecule has 1 aliphatic carbocycles. The SMILES string of the molecule is CCc1ccccc1OCCCN(C)C(=O)C1CCCCC1. The van der Waals surface area contributed by atoms with E-state index in [0.29, 0.717) is 12.5 Å². The van der Waals surface area contributed by atoms with Gasteiger partial charge in [0.05, 0.1) is 6.61 Å². The first-order valence-corrected chi connectivity index (χ1v) is 8.68. The molecule has 2 rings (SSSR count). The number of ether oxygens (including phenoxy) is 1. The quantitative estimate of drug-likeness (QED) is 0.711. The third kappa shape index (κ3) is 4.75. The van der Waals surface area contributed by atoms with Crippen molar-refractivity contribution in [1.82, 2.24) is 4.90 Å². The number of hydrogen-bond donors (Lipinski definition) is 0. The highest BCUT2D eigenvalue weighted by Gasteiger charge is 2.23. The van der Waals surface area contributed by atoms with E-state index in [4.69, 9.17) is 4.74 Å².